The molecule has 0 aliphatic heterocycles. The third-order valence-electron chi connectivity index (χ3n) is 3.26. The fourth-order valence-corrected chi connectivity index (χ4v) is 2.31. The molecule has 0 saturated heterocycles. The van der Waals surface area contributed by atoms with E-state index in [1.54, 1.807) is 12.1 Å². The minimum atomic E-state index is -0.522. The minimum absolute atomic E-state index is 0.217. The summed E-state index contributed by atoms with van der Waals surface area (Å²) in [5.74, 6) is -0.460. The molecule has 7 nitrogen and oxygen atoms in total. The van der Waals surface area contributed by atoms with Gasteiger partial charge in [0, 0.05) is 19.9 Å². The van der Waals surface area contributed by atoms with Gasteiger partial charge in [-0.3, -0.25) is 19.0 Å². The third-order valence-corrected chi connectivity index (χ3v) is 3.26. The Morgan fingerprint density at radius 1 is 1.24 bits per heavy atom. The highest BCUT2D eigenvalue weighted by molar-refractivity contribution is 5.80. The number of carbonyl (C=O) groups excluding carboxylic acids is 2. The smallest absolute Gasteiger partial charge is 0.308 e. The number of aromatic nitrogens is 2. The monoisotopic (exact) mass is 346 g/mol. The molecule has 0 unspecified atom stereocenters. The van der Waals surface area contributed by atoms with E-state index in [9.17, 15) is 14.4 Å². The van der Waals surface area contributed by atoms with Crippen molar-refractivity contribution in [1.82, 2.24) is 9.55 Å². The summed E-state index contributed by atoms with van der Waals surface area (Å²) in [6.07, 6.45) is 2.13. The van der Waals surface area contributed by atoms with Crippen molar-refractivity contribution in [3.05, 3.63) is 34.9 Å². The first-order chi connectivity index (χ1) is 11.7. The number of hydrogen-bond acceptors (Lipinski definition) is 6. The Labute approximate surface area is 145 Å². The van der Waals surface area contributed by atoms with Crippen LogP contribution < -0.4 is 10.3 Å². The summed E-state index contributed by atoms with van der Waals surface area (Å²) in [4.78, 5) is 39.5. The Kier molecular flexibility index (Phi) is 5.56. The van der Waals surface area contributed by atoms with Crippen molar-refractivity contribution in [2.75, 3.05) is 0 Å². The fourth-order valence-electron chi connectivity index (χ4n) is 2.31. The van der Waals surface area contributed by atoms with E-state index in [4.69, 9.17) is 9.47 Å². The van der Waals surface area contributed by atoms with Gasteiger partial charge in [0.1, 0.15) is 11.4 Å². The van der Waals surface area contributed by atoms with Gasteiger partial charge in [-0.2, -0.15) is 0 Å². The van der Waals surface area contributed by atoms with Crippen LogP contribution in [0.2, 0.25) is 0 Å². The van der Waals surface area contributed by atoms with Gasteiger partial charge < -0.3 is 9.47 Å². The standard InChI is InChI=1S/C18H22N2O5/c1-12(21)24-13-7-8-15-14(10-13)17(23)20(11-19-15)9-5-6-16(22)25-18(2,3)4/h7-8,10-11H,5-6,9H2,1-4H3. The van der Waals surface area contributed by atoms with Gasteiger partial charge in [0.25, 0.3) is 5.56 Å². The van der Waals surface area contributed by atoms with Crippen molar-refractivity contribution >= 4 is 22.8 Å². The predicted molar refractivity (Wildman–Crippen MR) is 92.4 cm³/mol. The Hall–Kier alpha value is -2.70. The first kappa shape index (κ1) is 18.6. The van der Waals surface area contributed by atoms with Crippen LogP contribution in [-0.4, -0.2) is 27.1 Å². The number of carbonyl (C=O) groups is 2. The van der Waals surface area contributed by atoms with Gasteiger partial charge in [-0.15, -0.1) is 0 Å². The highest BCUT2D eigenvalue weighted by Crippen LogP contribution is 2.17. The highest BCUT2D eigenvalue weighted by atomic mass is 16.6. The van der Waals surface area contributed by atoms with E-state index in [-0.39, 0.29) is 17.9 Å². The molecule has 0 radical (unpaired) electrons. The number of hydrogen-bond donors (Lipinski definition) is 0. The van der Waals surface area contributed by atoms with Gasteiger partial charge in [-0.05, 0) is 45.4 Å². The van der Waals surface area contributed by atoms with Crippen LogP contribution in [0.15, 0.2) is 29.3 Å². The molecule has 0 amide bonds. The lowest BCUT2D eigenvalue weighted by Gasteiger charge is -2.19. The second-order valence-electron chi connectivity index (χ2n) is 6.71. The number of rotatable bonds is 5. The SMILES string of the molecule is CC(=O)Oc1ccc2ncn(CCCC(=O)OC(C)(C)C)c(=O)c2c1. The van der Waals surface area contributed by atoms with Gasteiger partial charge >= 0.3 is 11.9 Å². The number of nitrogens with zero attached hydrogens (tertiary/aromatic N) is 2. The Morgan fingerprint density at radius 2 is 1.96 bits per heavy atom. The molecule has 1 heterocycles. The van der Waals surface area contributed by atoms with Gasteiger partial charge in [0.05, 0.1) is 17.2 Å². The average Bonchev–Trinajstić information content (AvgIpc) is 2.47. The van der Waals surface area contributed by atoms with Crippen molar-refractivity contribution in [2.45, 2.75) is 52.7 Å². The van der Waals surface area contributed by atoms with E-state index in [0.717, 1.165) is 0 Å². The second kappa shape index (κ2) is 7.46. The Balaban J connectivity index is 2.11. The maximum absolute atomic E-state index is 12.5. The highest BCUT2D eigenvalue weighted by Gasteiger charge is 2.16. The molecule has 2 aromatic rings. The van der Waals surface area contributed by atoms with Crippen molar-refractivity contribution < 1.29 is 19.1 Å². The molecule has 2 rings (SSSR count). The fraction of sp³-hybridized carbons (Fsp3) is 0.444. The zero-order valence-electron chi connectivity index (χ0n) is 14.9. The van der Waals surface area contributed by atoms with E-state index in [0.29, 0.717) is 29.6 Å². The molecule has 1 aromatic heterocycles. The second-order valence-corrected chi connectivity index (χ2v) is 6.71. The first-order valence-corrected chi connectivity index (χ1v) is 8.05. The van der Waals surface area contributed by atoms with Crippen LogP contribution in [-0.2, 0) is 20.9 Å². The quantitative estimate of drug-likeness (QED) is 0.610. The molecule has 0 aliphatic rings. The molecule has 0 aliphatic carbocycles. The zero-order chi connectivity index (χ0) is 18.6. The first-order valence-electron chi connectivity index (χ1n) is 8.05. The Morgan fingerprint density at radius 3 is 2.60 bits per heavy atom. The molecule has 1 aromatic carbocycles. The summed E-state index contributed by atoms with van der Waals surface area (Å²) in [5.41, 5.74) is -0.251. The van der Waals surface area contributed by atoms with Crippen LogP contribution in [0.5, 0.6) is 5.75 Å². The molecule has 0 N–H and O–H groups in total. The largest absolute Gasteiger partial charge is 0.460 e. The van der Waals surface area contributed by atoms with Crippen LogP contribution in [0.25, 0.3) is 10.9 Å². The molecule has 0 spiro atoms. The molecule has 0 fully saturated rings. The van der Waals surface area contributed by atoms with Crippen molar-refractivity contribution in [1.29, 1.82) is 0 Å². The van der Waals surface area contributed by atoms with Gasteiger partial charge in [0.2, 0.25) is 0 Å². The maximum Gasteiger partial charge on any atom is 0.308 e. The third kappa shape index (κ3) is 5.41. The van der Waals surface area contributed by atoms with Crippen LogP contribution in [0.3, 0.4) is 0 Å². The lowest BCUT2D eigenvalue weighted by atomic mass is 10.2. The van der Waals surface area contributed by atoms with E-state index in [2.05, 4.69) is 4.98 Å². The lowest BCUT2D eigenvalue weighted by molar-refractivity contribution is -0.155. The summed E-state index contributed by atoms with van der Waals surface area (Å²) in [6, 6.07) is 4.71. The number of esters is 2. The van der Waals surface area contributed by atoms with Crippen LogP contribution in [0.1, 0.15) is 40.5 Å². The molecular weight excluding hydrogens is 324 g/mol. The number of aryl methyl sites for hydroxylation is 1. The van der Waals surface area contributed by atoms with Crippen LogP contribution >= 0.6 is 0 Å². The molecular formula is C18H22N2O5. The van der Waals surface area contributed by atoms with E-state index >= 15 is 0 Å². The molecule has 7 heteroatoms. The van der Waals surface area contributed by atoms with Crippen molar-refractivity contribution in [2.24, 2.45) is 0 Å². The topological polar surface area (TPSA) is 87.5 Å². The lowest BCUT2D eigenvalue weighted by Crippen LogP contribution is -2.25. The summed E-state index contributed by atoms with van der Waals surface area (Å²) in [7, 11) is 0. The minimum Gasteiger partial charge on any atom is -0.460 e. The zero-order valence-corrected chi connectivity index (χ0v) is 14.9. The van der Waals surface area contributed by atoms with Gasteiger partial charge in [-0.1, -0.05) is 0 Å². The maximum atomic E-state index is 12.5. The van der Waals surface area contributed by atoms with E-state index in [1.807, 2.05) is 20.8 Å². The van der Waals surface area contributed by atoms with Gasteiger partial charge in [0.15, 0.2) is 0 Å². The Bertz CT molecular complexity index is 849. The molecule has 0 atom stereocenters. The summed E-state index contributed by atoms with van der Waals surface area (Å²) < 4.78 is 11.7. The molecule has 25 heavy (non-hydrogen) atoms. The summed E-state index contributed by atoms with van der Waals surface area (Å²) in [5, 5.41) is 0.360. The molecule has 134 valence electrons. The molecule has 0 saturated carbocycles. The van der Waals surface area contributed by atoms with Gasteiger partial charge in [-0.25, -0.2) is 4.98 Å². The normalized spacial score (nSPS) is 11.4. The van der Waals surface area contributed by atoms with Crippen molar-refractivity contribution in [3.8, 4) is 5.75 Å². The summed E-state index contributed by atoms with van der Waals surface area (Å²) in [6.45, 7) is 7.07. The van der Waals surface area contributed by atoms with Crippen molar-refractivity contribution in [3.63, 3.8) is 0 Å². The van der Waals surface area contributed by atoms with E-state index < -0.39 is 11.6 Å². The summed E-state index contributed by atoms with van der Waals surface area (Å²) >= 11 is 0. The predicted octanol–water partition coefficient (Wildman–Crippen LogP) is 2.44. The average molecular weight is 346 g/mol. The van der Waals surface area contributed by atoms with Crippen LogP contribution in [0.4, 0.5) is 0 Å². The number of benzene rings is 1. The number of ether oxygens (including phenoxy) is 2. The molecule has 0 bridgehead atoms. The number of fused-ring (bicyclic) bond motifs is 1. The van der Waals surface area contributed by atoms with Crippen LogP contribution in [0, 0.1) is 0 Å². The van der Waals surface area contributed by atoms with E-state index in [1.165, 1.54) is 23.9 Å².